The monoisotopic (exact) mass is 325 g/mol. The molecule has 24 heavy (non-hydrogen) atoms. The first-order valence-electron chi connectivity index (χ1n) is 8.33. The Morgan fingerprint density at radius 1 is 1.12 bits per heavy atom. The number of carbonyl (C=O) groups is 1. The van der Waals surface area contributed by atoms with E-state index in [-0.39, 0.29) is 6.03 Å². The van der Waals surface area contributed by atoms with Gasteiger partial charge in [0, 0.05) is 18.8 Å². The van der Waals surface area contributed by atoms with Gasteiger partial charge in [-0.3, -0.25) is 0 Å². The highest BCUT2D eigenvalue weighted by molar-refractivity contribution is 5.89. The van der Waals surface area contributed by atoms with Gasteiger partial charge < -0.3 is 20.7 Å². The largest absolute Gasteiger partial charge is 0.457 e. The summed E-state index contributed by atoms with van der Waals surface area (Å²) in [6.07, 6.45) is 2.12. The summed E-state index contributed by atoms with van der Waals surface area (Å²) in [6, 6.07) is 16.9. The predicted molar refractivity (Wildman–Crippen MR) is 95.3 cm³/mol. The molecule has 1 fully saturated rings. The lowest BCUT2D eigenvalue weighted by molar-refractivity contribution is 0.179. The summed E-state index contributed by atoms with van der Waals surface area (Å²) >= 11 is 0. The maximum Gasteiger partial charge on any atom is 0.321 e. The number of nitrogens with zero attached hydrogens (tertiary/aromatic N) is 1. The first-order chi connectivity index (χ1) is 11.7. The Hall–Kier alpha value is -2.53. The summed E-state index contributed by atoms with van der Waals surface area (Å²) in [6.45, 7) is 2.16. The normalized spacial score (nSPS) is 17.4. The average molecular weight is 325 g/mol. The van der Waals surface area contributed by atoms with E-state index in [0.717, 1.165) is 43.1 Å². The van der Waals surface area contributed by atoms with Gasteiger partial charge in [-0.15, -0.1) is 0 Å². The van der Waals surface area contributed by atoms with Gasteiger partial charge in [0.15, 0.2) is 0 Å². The van der Waals surface area contributed by atoms with Crippen LogP contribution in [0.15, 0.2) is 54.6 Å². The van der Waals surface area contributed by atoms with Crippen LogP contribution in [0.2, 0.25) is 0 Å². The number of benzene rings is 2. The van der Waals surface area contributed by atoms with Gasteiger partial charge >= 0.3 is 6.03 Å². The van der Waals surface area contributed by atoms with Crippen molar-refractivity contribution in [2.45, 2.75) is 12.8 Å². The molecular weight excluding hydrogens is 302 g/mol. The lowest BCUT2D eigenvalue weighted by atomic mass is 9.99. The van der Waals surface area contributed by atoms with Gasteiger partial charge in [-0.1, -0.05) is 18.2 Å². The number of urea groups is 1. The maximum atomic E-state index is 12.3. The number of amides is 2. The quantitative estimate of drug-likeness (QED) is 0.901. The minimum absolute atomic E-state index is 0.0649. The fraction of sp³-hybridized carbons (Fsp3) is 0.316. The van der Waals surface area contributed by atoms with Crippen LogP contribution in [0.4, 0.5) is 10.5 Å². The molecule has 2 amide bonds. The second kappa shape index (κ2) is 7.84. The highest BCUT2D eigenvalue weighted by Crippen LogP contribution is 2.23. The minimum atomic E-state index is -0.0649. The number of ether oxygens (including phenoxy) is 1. The van der Waals surface area contributed by atoms with Crippen molar-refractivity contribution in [3.8, 4) is 11.5 Å². The van der Waals surface area contributed by atoms with Crippen molar-refractivity contribution >= 4 is 11.7 Å². The van der Waals surface area contributed by atoms with Crippen LogP contribution in [-0.4, -0.2) is 30.6 Å². The van der Waals surface area contributed by atoms with Gasteiger partial charge in [-0.05, 0) is 61.7 Å². The third kappa shape index (κ3) is 4.26. The van der Waals surface area contributed by atoms with Crippen LogP contribution in [0.25, 0.3) is 0 Å². The molecule has 0 aliphatic carbocycles. The van der Waals surface area contributed by atoms with Crippen LogP contribution >= 0.6 is 0 Å². The number of likely N-dealkylation sites (tertiary alicyclic amines) is 1. The van der Waals surface area contributed by atoms with Crippen molar-refractivity contribution in [3.63, 3.8) is 0 Å². The molecule has 3 N–H and O–H groups in total. The van der Waals surface area contributed by atoms with E-state index in [9.17, 15) is 4.79 Å². The molecule has 0 aromatic heterocycles. The smallest absolute Gasteiger partial charge is 0.321 e. The van der Waals surface area contributed by atoms with Crippen LogP contribution in [0.5, 0.6) is 11.5 Å². The van der Waals surface area contributed by atoms with Crippen LogP contribution < -0.4 is 15.8 Å². The van der Waals surface area contributed by atoms with Crippen molar-refractivity contribution < 1.29 is 9.53 Å². The summed E-state index contributed by atoms with van der Waals surface area (Å²) in [4.78, 5) is 14.2. The molecule has 0 unspecified atom stereocenters. The van der Waals surface area contributed by atoms with Crippen molar-refractivity contribution in [1.82, 2.24) is 4.90 Å². The van der Waals surface area contributed by atoms with E-state index in [1.807, 2.05) is 59.5 Å². The number of nitrogens with two attached hydrogens (primary N) is 1. The van der Waals surface area contributed by atoms with Crippen molar-refractivity contribution in [1.29, 1.82) is 0 Å². The highest BCUT2D eigenvalue weighted by atomic mass is 16.5. The zero-order chi connectivity index (χ0) is 16.8. The maximum absolute atomic E-state index is 12.3. The standard InChI is InChI=1S/C19H23N3O2/c20-13-15-5-4-12-22(14-15)19(23)21-16-8-10-18(11-9-16)24-17-6-2-1-3-7-17/h1-3,6-11,15H,4-5,12-14,20H2,(H,21,23)/t15-/m1/s1. The zero-order valence-electron chi connectivity index (χ0n) is 13.7. The Morgan fingerprint density at radius 2 is 1.83 bits per heavy atom. The third-order valence-electron chi connectivity index (χ3n) is 4.22. The Balaban J connectivity index is 1.56. The molecule has 0 radical (unpaired) electrons. The van der Waals surface area contributed by atoms with Gasteiger partial charge in [-0.2, -0.15) is 0 Å². The number of rotatable bonds is 4. The molecule has 5 heteroatoms. The molecule has 1 heterocycles. The van der Waals surface area contributed by atoms with Gasteiger partial charge in [0.05, 0.1) is 0 Å². The molecule has 1 saturated heterocycles. The number of para-hydroxylation sites is 1. The topological polar surface area (TPSA) is 67.6 Å². The number of hydrogen-bond donors (Lipinski definition) is 2. The van der Waals surface area contributed by atoms with Crippen molar-refractivity contribution in [2.24, 2.45) is 11.7 Å². The van der Waals surface area contributed by atoms with E-state index in [0.29, 0.717) is 12.5 Å². The molecule has 1 aliphatic rings. The second-order valence-corrected chi connectivity index (χ2v) is 6.06. The molecular formula is C19H23N3O2. The summed E-state index contributed by atoms with van der Waals surface area (Å²) in [5.74, 6) is 1.93. The Morgan fingerprint density at radius 3 is 2.54 bits per heavy atom. The molecule has 3 rings (SSSR count). The SMILES string of the molecule is NC[C@H]1CCCN(C(=O)Nc2ccc(Oc3ccccc3)cc2)C1. The highest BCUT2D eigenvalue weighted by Gasteiger charge is 2.22. The zero-order valence-corrected chi connectivity index (χ0v) is 13.7. The number of nitrogens with one attached hydrogen (secondary N) is 1. The van der Waals surface area contributed by atoms with Gasteiger partial charge in [0.25, 0.3) is 0 Å². The van der Waals surface area contributed by atoms with Gasteiger partial charge in [0.1, 0.15) is 11.5 Å². The molecule has 0 bridgehead atoms. The first kappa shape index (κ1) is 16.3. The van der Waals surface area contributed by atoms with E-state index in [2.05, 4.69) is 5.32 Å². The molecule has 1 aliphatic heterocycles. The summed E-state index contributed by atoms with van der Waals surface area (Å²) in [5, 5.41) is 2.94. The number of carbonyl (C=O) groups excluding carboxylic acids is 1. The Labute approximate surface area is 142 Å². The van der Waals surface area contributed by atoms with Crippen LogP contribution in [0.1, 0.15) is 12.8 Å². The molecule has 2 aromatic carbocycles. The van der Waals surface area contributed by atoms with Crippen LogP contribution in [0.3, 0.4) is 0 Å². The molecule has 2 aromatic rings. The molecule has 5 nitrogen and oxygen atoms in total. The van der Waals surface area contributed by atoms with E-state index >= 15 is 0 Å². The third-order valence-corrected chi connectivity index (χ3v) is 4.22. The molecule has 1 atom stereocenters. The van der Waals surface area contributed by atoms with Gasteiger partial charge in [-0.25, -0.2) is 4.79 Å². The van der Waals surface area contributed by atoms with E-state index in [1.54, 1.807) is 0 Å². The van der Waals surface area contributed by atoms with E-state index < -0.39 is 0 Å². The van der Waals surface area contributed by atoms with E-state index in [1.165, 1.54) is 0 Å². The Kier molecular flexibility index (Phi) is 5.33. The van der Waals surface area contributed by atoms with Crippen molar-refractivity contribution in [3.05, 3.63) is 54.6 Å². The number of piperidine rings is 1. The molecule has 126 valence electrons. The lowest BCUT2D eigenvalue weighted by Crippen LogP contribution is -2.44. The minimum Gasteiger partial charge on any atom is -0.457 e. The number of anilines is 1. The average Bonchev–Trinajstić information content (AvgIpc) is 2.64. The van der Waals surface area contributed by atoms with Crippen molar-refractivity contribution in [2.75, 3.05) is 25.0 Å². The van der Waals surface area contributed by atoms with E-state index in [4.69, 9.17) is 10.5 Å². The number of hydrogen-bond acceptors (Lipinski definition) is 3. The van der Waals surface area contributed by atoms with Gasteiger partial charge in [0.2, 0.25) is 0 Å². The molecule has 0 saturated carbocycles. The molecule has 0 spiro atoms. The second-order valence-electron chi connectivity index (χ2n) is 6.06. The summed E-state index contributed by atoms with van der Waals surface area (Å²) in [5.41, 5.74) is 6.49. The predicted octanol–water partition coefficient (Wildman–Crippen LogP) is 3.68. The summed E-state index contributed by atoms with van der Waals surface area (Å²) in [7, 11) is 0. The van der Waals surface area contributed by atoms with Crippen LogP contribution in [0, 0.1) is 5.92 Å². The first-order valence-corrected chi connectivity index (χ1v) is 8.33. The Bertz CT molecular complexity index is 658. The fourth-order valence-electron chi connectivity index (χ4n) is 2.88. The fourth-order valence-corrected chi connectivity index (χ4v) is 2.88. The lowest BCUT2D eigenvalue weighted by Gasteiger charge is -2.32. The van der Waals surface area contributed by atoms with Crippen LogP contribution in [-0.2, 0) is 0 Å². The summed E-state index contributed by atoms with van der Waals surface area (Å²) < 4.78 is 5.75.